The van der Waals surface area contributed by atoms with Gasteiger partial charge in [0.1, 0.15) is 4.32 Å². The number of halogens is 1. The van der Waals surface area contributed by atoms with Crippen molar-refractivity contribution in [1.82, 2.24) is 5.32 Å². The van der Waals surface area contributed by atoms with E-state index < -0.39 is 0 Å². The van der Waals surface area contributed by atoms with Gasteiger partial charge in [-0.15, -0.1) is 0 Å². The van der Waals surface area contributed by atoms with E-state index in [0.717, 1.165) is 15.4 Å². The number of amides is 1. The molecule has 2 nitrogen and oxygen atoms in total. The molecule has 0 aromatic heterocycles. The number of carbonyl (C=O) groups excluding carboxylic acids is 1. The minimum Gasteiger partial charge on any atom is -0.307 e. The fourth-order valence-electron chi connectivity index (χ4n) is 2.00. The Balaban J connectivity index is 1.81. The molecule has 1 aliphatic rings. The average Bonchev–Trinajstić information content (AvgIpc) is 2.82. The predicted molar refractivity (Wildman–Crippen MR) is 103 cm³/mol. The fourth-order valence-corrected chi connectivity index (χ4v) is 4.16. The molecule has 23 heavy (non-hydrogen) atoms. The van der Waals surface area contributed by atoms with Crippen LogP contribution in [0.15, 0.2) is 57.2 Å². The third kappa shape index (κ3) is 4.18. The standard InChI is InChI=1S/C17H12ClNOS3/c1-10-2-5-12(6-3-10)22-14-7-4-11(8-13(14)18)9-15-16(20)19-17(21)23-15/h2-9H,1H3,(H,19,20,21)/b15-9-. The summed E-state index contributed by atoms with van der Waals surface area (Å²) in [5.74, 6) is -0.158. The van der Waals surface area contributed by atoms with Gasteiger partial charge >= 0.3 is 0 Å². The van der Waals surface area contributed by atoms with Crippen molar-refractivity contribution < 1.29 is 4.79 Å². The van der Waals surface area contributed by atoms with Crippen molar-refractivity contribution in [2.24, 2.45) is 0 Å². The highest BCUT2D eigenvalue weighted by Crippen LogP contribution is 2.35. The van der Waals surface area contributed by atoms with Crippen molar-refractivity contribution in [3.63, 3.8) is 0 Å². The van der Waals surface area contributed by atoms with Crippen molar-refractivity contribution in [3.05, 3.63) is 63.5 Å². The van der Waals surface area contributed by atoms with E-state index in [0.29, 0.717) is 14.2 Å². The first kappa shape index (κ1) is 16.6. The Kier molecular flexibility index (Phi) is 5.11. The normalized spacial score (nSPS) is 16.0. The van der Waals surface area contributed by atoms with E-state index in [1.165, 1.54) is 17.3 Å². The van der Waals surface area contributed by atoms with Crippen molar-refractivity contribution in [2.75, 3.05) is 0 Å². The molecule has 116 valence electrons. The molecule has 0 aliphatic carbocycles. The lowest BCUT2D eigenvalue weighted by atomic mass is 10.2. The van der Waals surface area contributed by atoms with Gasteiger partial charge in [0.25, 0.3) is 5.91 Å². The van der Waals surface area contributed by atoms with E-state index >= 15 is 0 Å². The molecular formula is C17H12ClNOS3. The zero-order valence-electron chi connectivity index (χ0n) is 12.1. The summed E-state index contributed by atoms with van der Waals surface area (Å²) in [6.45, 7) is 2.06. The molecule has 1 aliphatic heterocycles. The van der Waals surface area contributed by atoms with Crippen LogP contribution >= 0.6 is 47.3 Å². The molecule has 0 radical (unpaired) electrons. The number of benzene rings is 2. The number of thiocarbonyl (C=S) groups is 1. The van der Waals surface area contributed by atoms with Crippen molar-refractivity contribution in [2.45, 2.75) is 16.7 Å². The summed E-state index contributed by atoms with van der Waals surface area (Å²) in [7, 11) is 0. The van der Waals surface area contributed by atoms with Crippen molar-refractivity contribution in [1.29, 1.82) is 0 Å². The van der Waals surface area contributed by atoms with Gasteiger partial charge in [-0.25, -0.2) is 0 Å². The lowest BCUT2D eigenvalue weighted by Crippen LogP contribution is -2.17. The second-order valence-corrected chi connectivity index (χ2v) is 8.20. The molecule has 3 rings (SSSR count). The number of thioether (sulfide) groups is 1. The van der Waals surface area contributed by atoms with Crippen molar-refractivity contribution in [3.8, 4) is 0 Å². The van der Waals surface area contributed by atoms with Crippen LogP contribution in [0.25, 0.3) is 6.08 Å². The summed E-state index contributed by atoms with van der Waals surface area (Å²) in [6.07, 6.45) is 1.80. The largest absolute Gasteiger partial charge is 0.307 e. The van der Waals surface area contributed by atoms with Gasteiger partial charge < -0.3 is 5.32 Å². The van der Waals surface area contributed by atoms with Gasteiger partial charge in [-0.2, -0.15) is 0 Å². The second kappa shape index (κ2) is 7.09. The topological polar surface area (TPSA) is 29.1 Å². The number of hydrogen-bond donors (Lipinski definition) is 1. The average molecular weight is 378 g/mol. The molecule has 0 saturated carbocycles. The maximum Gasteiger partial charge on any atom is 0.263 e. The van der Waals surface area contributed by atoms with Crippen LogP contribution in [-0.2, 0) is 4.79 Å². The Morgan fingerprint density at radius 1 is 1.22 bits per heavy atom. The van der Waals surface area contributed by atoms with Gasteiger partial charge in [-0.1, -0.05) is 71.1 Å². The Morgan fingerprint density at radius 2 is 1.96 bits per heavy atom. The van der Waals surface area contributed by atoms with E-state index in [-0.39, 0.29) is 5.91 Å². The summed E-state index contributed by atoms with van der Waals surface area (Å²) < 4.78 is 0.485. The number of nitrogens with one attached hydrogen (secondary N) is 1. The zero-order valence-corrected chi connectivity index (χ0v) is 15.3. The molecule has 0 spiro atoms. The maximum atomic E-state index is 11.7. The highest BCUT2D eigenvalue weighted by atomic mass is 35.5. The lowest BCUT2D eigenvalue weighted by Gasteiger charge is -2.06. The van der Waals surface area contributed by atoms with Crippen LogP contribution in [0, 0.1) is 6.92 Å². The molecule has 0 bridgehead atoms. The van der Waals surface area contributed by atoms with E-state index in [4.69, 9.17) is 23.8 Å². The molecule has 0 atom stereocenters. The van der Waals surface area contributed by atoms with Gasteiger partial charge in [-0.05, 0) is 42.8 Å². The highest BCUT2D eigenvalue weighted by molar-refractivity contribution is 8.26. The first-order valence-electron chi connectivity index (χ1n) is 6.80. The van der Waals surface area contributed by atoms with E-state index in [1.54, 1.807) is 17.8 Å². The van der Waals surface area contributed by atoms with Gasteiger partial charge in [0, 0.05) is 9.79 Å². The minimum atomic E-state index is -0.158. The molecule has 6 heteroatoms. The quantitative estimate of drug-likeness (QED) is 0.581. The van der Waals surface area contributed by atoms with Crippen LogP contribution in [0.2, 0.25) is 5.02 Å². The summed E-state index contributed by atoms with van der Waals surface area (Å²) in [6, 6.07) is 14.1. The van der Waals surface area contributed by atoms with Gasteiger partial charge in [0.2, 0.25) is 0 Å². The lowest BCUT2D eigenvalue weighted by molar-refractivity contribution is -0.115. The summed E-state index contributed by atoms with van der Waals surface area (Å²) in [5.41, 5.74) is 2.11. The van der Waals surface area contributed by atoms with E-state index in [1.807, 2.05) is 18.2 Å². The molecule has 1 fully saturated rings. The first-order chi connectivity index (χ1) is 11.0. The van der Waals surface area contributed by atoms with Gasteiger partial charge in [0.15, 0.2) is 0 Å². The maximum absolute atomic E-state index is 11.7. The van der Waals surface area contributed by atoms with Gasteiger partial charge in [-0.3, -0.25) is 4.79 Å². The molecular weight excluding hydrogens is 366 g/mol. The molecule has 2 aromatic rings. The molecule has 1 N–H and O–H groups in total. The van der Waals surface area contributed by atoms with Crippen LogP contribution in [-0.4, -0.2) is 10.2 Å². The highest BCUT2D eigenvalue weighted by Gasteiger charge is 2.21. The zero-order chi connectivity index (χ0) is 16.4. The molecule has 1 saturated heterocycles. The van der Waals surface area contributed by atoms with Gasteiger partial charge in [0.05, 0.1) is 9.93 Å². The Hall–Kier alpha value is -1.27. The Morgan fingerprint density at radius 3 is 2.57 bits per heavy atom. The Bertz CT molecular complexity index is 815. The van der Waals surface area contributed by atoms with Crippen LogP contribution < -0.4 is 5.32 Å². The van der Waals surface area contributed by atoms with E-state index in [9.17, 15) is 4.79 Å². The smallest absolute Gasteiger partial charge is 0.263 e. The van der Waals surface area contributed by atoms with Crippen LogP contribution in [0.1, 0.15) is 11.1 Å². The summed E-state index contributed by atoms with van der Waals surface area (Å²) in [5, 5.41) is 3.26. The monoisotopic (exact) mass is 377 g/mol. The predicted octanol–water partition coefficient (Wildman–Crippen LogP) is 5.29. The molecule has 0 unspecified atom stereocenters. The van der Waals surface area contributed by atoms with Crippen LogP contribution in [0.3, 0.4) is 0 Å². The molecule has 1 amide bonds. The first-order valence-corrected chi connectivity index (χ1v) is 9.22. The third-order valence-electron chi connectivity index (χ3n) is 3.14. The number of hydrogen-bond acceptors (Lipinski definition) is 4. The number of aryl methyl sites for hydroxylation is 1. The van der Waals surface area contributed by atoms with Crippen molar-refractivity contribution >= 4 is 63.6 Å². The van der Waals surface area contributed by atoms with E-state index in [2.05, 4.69) is 36.5 Å². The number of carbonyl (C=O) groups is 1. The molecule has 2 aromatic carbocycles. The molecule has 1 heterocycles. The summed E-state index contributed by atoms with van der Waals surface area (Å²) >= 11 is 14.2. The summed E-state index contributed by atoms with van der Waals surface area (Å²) in [4.78, 5) is 14.4. The SMILES string of the molecule is Cc1ccc(Sc2ccc(/C=C3\SC(=S)NC3=O)cc2Cl)cc1. The number of rotatable bonds is 3. The minimum absolute atomic E-state index is 0.158. The second-order valence-electron chi connectivity index (χ2n) is 4.96. The van der Waals surface area contributed by atoms with Crippen LogP contribution in [0.5, 0.6) is 0 Å². The Labute approximate surface area is 153 Å². The van der Waals surface area contributed by atoms with Crippen LogP contribution in [0.4, 0.5) is 0 Å². The fraction of sp³-hybridized carbons (Fsp3) is 0.0588. The third-order valence-corrected chi connectivity index (χ3v) is 5.82.